The van der Waals surface area contributed by atoms with Crippen molar-refractivity contribution in [2.45, 2.75) is 19.0 Å². The lowest BCUT2D eigenvalue weighted by Crippen LogP contribution is -2.24. The fourth-order valence-corrected chi connectivity index (χ4v) is 3.94. The van der Waals surface area contributed by atoms with Gasteiger partial charge in [0.2, 0.25) is 0 Å². The highest BCUT2D eigenvalue weighted by Crippen LogP contribution is 2.21. The van der Waals surface area contributed by atoms with Crippen molar-refractivity contribution in [1.82, 2.24) is 15.0 Å². The average Bonchev–Trinajstić information content (AvgIpc) is 3.31. The molecule has 166 valence electrons. The Morgan fingerprint density at radius 1 is 1.15 bits per heavy atom. The summed E-state index contributed by atoms with van der Waals surface area (Å²) in [6.07, 6.45) is 4.94. The molecule has 0 radical (unpaired) electrons. The van der Waals surface area contributed by atoms with Crippen LogP contribution in [0.1, 0.15) is 18.2 Å². The van der Waals surface area contributed by atoms with Crippen molar-refractivity contribution in [3.05, 3.63) is 94.2 Å². The first-order valence-electron chi connectivity index (χ1n) is 10.3. The van der Waals surface area contributed by atoms with Gasteiger partial charge in [-0.1, -0.05) is 41.6 Å². The lowest BCUT2D eigenvalue weighted by Gasteiger charge is -2.13. The third-order valence-corrected chi connectivity index (χ3v) is 5.68. The summed E-state index contributed by atoms with van der Waals surface area (Å²) >= 11 is 1.18. The molecule has 0 fully saturated rings. The molecule has 7 nitrogen and oxygen atoms in total. The van der Waals surface area contributed by atoms with Gasteiger partial charge in [0.05, 0.1) is 34.8 Å². The van der Waals surface area contributed by atoms with Crippen molar-refractivity contribution in [3.63, 3.8) is 0 Å². The molecule has 4 rings (SSSR count). The SMILES string of the molecule is CC(C=NNC(=O)CSc1nc2ccccc2c(=O)n1-c1ccc(C)cc1)=Cc1ccco1. The number of benzene rings is 2. The number of fused-ring (bicyclic) bond motifs is 1. The van der Waals surface area contributed by atoms with Gasteiger partial charge < -0.3 is 4.42 Å². The number of nitrogens with one attached hydrogen (secondary N) is 1. The van der Waals surface area contributed by atoms with Gasteiger partial charge >= 0.3 is 0 Å². The molecule has 1 N–H and O–H groups in total. The predicted molar refractivity (Wildman–Crippen MR) is 132 cm³/mol. The molecule has 2 heterocycles. The Morgan fingerprint density at radius 3 is 2.70 bits per heavy atom. The highest BCUT2D eigenvalue weighted by atomic mass is 32.2. The van der Waals surface area contributed by atoms with E-state index in [4.69, 9.17) is 4.42 Å². The summed E-state index contributed by atoms with van der Waals surface area (Å²) in [5, 5.41) is 4.95. The quantitative estimate of drug-likeness (QED) is 0.189. The topological polar surface area (TPSA) is 89.5 Å². The molecule has 1 amide bonds. The van der Waals surface area contributed by atoms with Crippen molar-refractivity contribution in [1.29, 1.82) is 0 Å². The van der Waals surface area contributed by atoms with Gasteiger partial charge in [-0.25, -0.2) is 10.4 Å². The number of hydrogen-bond acceptors (Lipinski definition) is 6. The van der Waals surface area contributed by atoms with Crippen LogP contribution in [0.4, 0.5) is 0 Å². The Kier molecular flexibility index (Phi) is 6.85. The number of carbonyl (C=O) groups is 1. The van der Waals surface area contributed by atoms with Crippen molar-refractivity contribution in [3.8, 4) is 5.69 Å². The normalized spacial score (nSPS) is 11.9. The number of thioether (sulfide) groups is 1. The molecule has 0 aliphatic heterocycles. The van der Waals surface area contributed by atoms with Gasteiger partial charge in [0.1, 0.15) is 5.76 Å². The van der Waals surface area contributed by atoms with E-state index in [0.717, 1.165) is 11.1 Å². The number of carbonyl (C=O) groups excluding carboxylic acids is 1. The van der Waals surface area contributed by atoms with E-state index in [2.05, 4.69) is 15.5 Å². The number of nitrogens with zero attached hydrogens (tertiary/aromatic N) is 3. The minimum Gasteiger partial charge on any atom is -0.465 e. The monoisotopic (exact) mass is 458 g/mol. The second-order valence-electron chi connectivity index (χ2n) is 7.37. The minimum atomic E-state index is -0.306. The van der Waals surface area contributed by atoms with E-state index in [1.54, 1.807) is 35.2 Å². The first-order valence-corrected chi connectivity index (χ1v) is 11.2. The summed E-state index contributed by atoms with van der Waals surface area (Å²) < 4.78 is 6.79. The molecule has 0 spiro atoms. The number of amides is 1. The van der Waals surface area contributed by atoms with Gasteiger partial charge in [0, 0.05) is 0 Å². The molecule has 0 aliphatic carbocycles. The van der Waals surface area contributed by atoms with Crippen LogP contribution in [0.2, 0.25) is 0 Å². The Labute approximate surface area is 194 Å². The second-order valence-corrected chi connectivity index (χ2v) is 8.32. The van der Waals surface area contributed by atoms with Gasteiger partial charge in [0.25, 0.3) is 11.5 Å². The Hall–Kier alpha value is -3.91. The summed E-state index contributed by atoms with van der Waals surface area (Å²) in [4.78, 5) is 30.2. The van der Waals surface area contributed by atoms with E-state index in [1.165, 1.54) is 11.8 Å². The van der Waals surface area contributed by atoms with Crippen molar-refractivity contribution in [2.24, 2.45) is 5.10 Å². The van der Waals surface area contributed by atoms with E-state index >= 15 is 0 Å². The Bertz CT molecular complexity index is 1390. The number of furan rings is 1. The summed E-state index contributed by atoms with van der Waals surface area (Å²) in [5.74, 6) is 0.451. The van der Waals surface area contributed by atoms with E-state index in [1.807, 2.05) is 62.4 Å². The largest absolute Gasteiger partial charge is 0.465 e. The van der Waals surface area contributed by atoms with Gasteiger partial charge in [-0.2, -0.15) is 5.10 Å². The third-order valence-electron chi connectivity index (χ3n) is 4.74. The highest BCUT2D eigenvalue weighted by molar-refractivity contribution is 7.99. The fraction of sp³-hybridized carbons (Fsp3) is 0.120. The standard InChI is InChI=1S/C25H22N4O3S/c1-17-9-11-19(12-10-17)29-24(31)21-7-3-4-8-22(21)27-25(29)33-16-23(30)28-26-15-18(2)14-20-6-5-13-32-20/h3-15H,16H2,1-2H3,(H,28,30). The number of hydrazone groups is 1. The fourth-order valence-electron chi connectivity index (χ4n) is 3.13. The molecule has 8 heteroatoms. The molecule has 2 aromatic carbocycles. The summed E-state index contributed by atoms with van der Waals surface area (Å²) in [6, 6.07) is 18.4. The van der Waals surface area contributed by atoms with Gasteiger partial charge in [-0.05, 0) is 61.9 Å². The average molecular weight is 459 g/mol. The van der Waals surface area contributed by atoms with Crippen LogP contribution in [-0.2, 0) is 4.79 Å². The highest BCUT2D eigenvalue weighted by Gasteiger charge is 2.14. The number of rotatable bonds is 7. The number of hydrogen-bond donors (Lipinski definition) is 1. The molecule has 0 atom stereocenters. The predicted octanol–water partition coefficient (Wildman–Crippen LogP) is 4.58. The lowest BCUT2D eigenvalue weighted by atomic mass is 10.2. The molecule has 0 bridgehead atoms. The zero-order valence-corrected chi connectivity index (χ0v) is 19.0. The maximum atomic E-state index is 13.2. The number of allylic oxidation sites excluding steroid dienone is 1. The summed E-state index contributed by atoms with van der Waals surface area (Å²) in [7, 11) is 0. The molecule has 0 saturated carbocycles. The van der Waals surface area contributed by atoms with Crippen LogP contribution in [-0.4, -0.2) is 27.4 Å². The first kappa shape index (κ1) is 22.3. The Balaban J connectivity index is 1.52. The van der Waals surface area contributed by atoms with Gasteiger partial charge in [0.15, 0.2) is 5.16 Å². The van der Waals surface area contributed by atoms with E-state index in [0.29, 0.717) is 27.5 Å². The van der Waals surface area contributed by atoms with Crippen LogP contribution in [0, 0.1) is 6.92 Å². The minimum absolute atomic E-state index is 0.0505. The number of aryl methyl sites for hydroxylation is 1. The molecular formula is C25H22N4O3S. The lowest BCUT2D eigenvalue weighted by molar-refractivity contribution is -0.118. The molecule has 0 saturated heterocycles. The maximum absolute atomic E-state index is 13.2. The third kappa shape index (κ3) is 5.48. The smallest absolute Gasteiger partial charge is 0.266 e. The molecule has 0 unspecified atom stereocenters. The van der Waals surface area contributed by atoms with Crippen LogP contribution < -0.4 is 11.0 Å². The molecule has 4 aromatic rings. The van der Waals surface area contributed by atoms with Crippen molar-refractivity contribution >= 4 is 40.9 Å². The molecule has 0 aliphatic rings. The first-order chi connectivity index (χ1) is 16.0. The van der Waals surface area contributed by atoms with Crippen LogP contribution in [0.5, 0.6) is 0 Å². The summed E-state index contributed by atoms with van der Waals surface area (Å²) in [6.45, 7) is 3.84. The van der Waals surface area contributed by atoms with Crippen LogP contribution in [0.25, 0.3) is 22.7 Å². The van der Waals surface area contributed by atoms with Gasteiger partial charge in [-0.3, -0.25) is 14.2 Å². The second kappa shape index (κ2) is 10.1. The van der Waals surface area contributed by atoms with Gasteiger partial charge in [-0.15, -0.1) is 0 Å². The van der Waals surface area contributed by atoms with E-state index in [9.17, 15) is 9.59 Å². The Morgan fingerprint density at radius 2 is 1.94 bits per heavy atom. The molecule has 33 heavy (non-hydrogen) atoms. The molecule has 2 aromatic heterocycles. The zero-order chi connectivity index (χ0) is 23.2. The van der Waals surface area contributed by atoms with Crippen molar-refractivity contribution < 1.29 is 9.21 Å². The zero-order valence-electron chi connectivity index (χ0n) is 18.2. The van der Waals surface area contributed by atoms with Crippen LogP contribution in [0.3, 0.4) is 0 Å². The van der Waals surface area contributed by atoms with Crippen LogP contribution >= 0.6 is 11.8 Å². The number of aromatic nitrogens is 2. The maximum Gasteiger partial charge on any atom is 0.266 e. The van der Waals surface area contributed by atoms with Crippen LogP contribution in [0.15, 0.2) is 92.0 Å². The van der Waals surface area contributed by atoms with E-state index in [-0.39, 0.29) is 17.2 Å². The van der Waals surface area contributed by atoms with E-state index < -0.39 is 0 Å². The number of para-hydroxylation sites is 1. The summed E-state index contributed by atoms with van der Waals surface area (Å²) in [5.41, 5.74) is 5.52. The molecular weight excluding hydrogens is 436 g/mol. The van der Waals surface area contributed by atoms with Crippen molar-refractivity contribution in [2.75, 3.05) is 5.75 Å².